The van der Waals surface area contributed by atoms with Crippen LogP contribution in [-0.2, 0) is 4.74 Å². The quantitative estimate of drug-likeness (QED) is 0.578. The van der Waals surface area contributed by atoms with Crippen LogP contribution in [0.5, 0.6) is 0 Å². The number of ether oxygens (including phenoxy) is 1. The van der Waals surface area contributed by atoms with Crippen LogP contribution in [0.25, 0.3) is 0 Å². The Morgan fingerprint density at radius 1 is 1.46 bits per heavy atom. The highest BCUT2D eigenvalue weighted by atomic mass is 35.5. The van der Waals surface area contributed by atoms with Gasteiger partial charge >= 0.3 is 0 Å². The SMILES string of the molecule is CCCC(C)(CCl)COCC1CC1. The molecule has 13 heavy (non-hydrogen) atoms. The monoisotopic (exact) mass is 204 g/mol. The van der Waals surface area contributed by atoms with Gasteiger partial charge in [-0.05, 0) is 25.2 Å². The lowest BCUT2D eigenvalue weighted by atomic mass is 9.89. The molecule has 1 nitrogen and oxygen atoms in total. The molecule has 0 aromatic carbocycles. The van der Waals surface area contributed by atoms with Crippen molar-refractivity contribution in [1.29, 1.82) is 0 Å². The van der Waals surface area contributed by atoms with Gasteiger partial charge in [0.05, 0.1) is 6.61 Å². The fraction of sp³-hybridized carbons (Fsp3) is 1.00. The molecular weight excluding hydrogens is 184 g/mol. The van der Waals surface area contributed by atoms with Crippen molar-refractivity contribution in [2.24, 2.45) is 11.3 Å². The summed E-state index contributed by atoms with van der Waals surface area (Å²) < 4.78 is 5.68. The van der Waals surface area contributed by atoms with Crippen molar-refractivity contribution in [3.8, 4) is 0 Å². The minimum absolute atomic E-state index is 0.200. The third-order valence-corrected chi connectivity index (χ3v) is 3.32. The maximum absolute atomic E-state index is 5.94. The molecule has 1 aliphatic carbocycles. The summed E-state index contributed by atoms with van der Waals surface area (Å²) in [6.07, 6.45) is 5.09. The van der Waals surface area contributed by atoms with Crippen LogP contribution in [0, 0.1) is 11.3 Å². The molecule has 1 fully saturated rings. The van der Waals surface area contributed by atoms with Gasteiger partial charge in [0.2, 0.25) is 0 Å². The Kier molecular flexibility index (Phi) is 4.54. The molecule has 0 aromatic rings. The smallest absolute Gasteiger partial charge is 0.0531 e. The van der Waals surface area contributed by atoms with Crippen molar-refractivity contribution in [2.45, 2.75) is 39.5 Å². The highest BCUT2D eigenvalue weighted by Gasteiger charge is 2.25. The molecule has 0 aliphatic heterocycles. The molecule has 1 rings (SSSR count). The van der Waals surface area contributed by atoms with Gasteiger partial charge in [0.15, 0.2) is 0 Å². The van der Waals surface area contributed by atoms with Crippen LogP contribution in [0.2, 0.25) is 0 Å². The van der Waals surface area contributed by atoms with E-state index in [4.69, 9.17) is 16.3 Å². The Balaban J connectivity index is 2.12. The van der Waals surface area contributed by atoms with E-state index >= 15 is 0 Å². The van der Waals surface area contributed by atoms with Crippen molar-refractivity contribution in [3.63, 3.8) is 0 Å². The second-order valence-electron chi connectivity index (χ2n) is 4.65. The van der Waals surface area contributed by atoms with Crippen LogP contribution in [-0.4, -0.2) is 19.1 Å². The summed E-state index contributed by atoms with van der Waals surface area (Å²) in [5, 5.41) is 0. The van der Waals surface area contributed by atoms with Gasteiger partial charge in [0.25, 0.3) is 0 Å². The van der Waals surface area contributed by atoms with E-state index in [1.807, 2.05) is 0 Å². The number of halogens is 1. The summed E-state index contributed by atoms with van der Waals surface area (Å²) in [6, 6.07) is 0. The van der Waals surface area contributed by atoms with Crippen LogP contribution in [0.4, 0.5) is 0 Å². The van der Waals surface area contributed by atoms with E-state index in [1.54, 1.807) is 0 Å². The molecule has 0 saturated heterocycles. The van der Waals surface area contributed by atoms with E-state index < -0.39 is 0 Å². The van der Waals surface area contributed by atoms with Crippen LogP contribution in [0.15, 0.2) is 0 Å². The second kappa shape index (κ2) is 5.21. The van der Waals surface area contributed by atoms with Crippen molar-refractivity contribution in [3.05, 3.63) is 0 Å². The van der Waals surface area contributed by atoms with Crippen molar-refractivity contribution in [2.75, 3.05) is 19.1 Å². The van der Waals surface area contributed by atoms with Gasteiger partial charge in [0, 0.05) is 17.9 Å². The zero-order chi connectivity index (χ0) is 9.73. The Morgan fingerprint density at radius 2 is 2.15 bits per heavy atom. The molecule has 0 radical (unpaired) electrons. The first kappa shape index (κ1) is 11.3. The van der Waals surface area contributed by atoms with Gasteiger partial charge in [-0.1, -0.05) is 20.3 Å². The molecule has 0 heterocycles. The van der Waals surface area contributed by atoms with E-state index in [9.17, 15) is 0 Å². The molecule has 1 aliphatic rings. The van der Waals surface area contributed by atoms with Crippen LogP contribution < -0.4 is 0 Å². The highest BCUT2D eigenvalue weighted by Crippen LogP contribution is 2.31. The van der Waals surface area contributed by atoms with E-state index in [0.717, 1.165) is 19.1 Å². The minimum Gasteiger partial charge on any atom is -0.381 e. The third-order valence-electron chi connectivity index (χ3n) is 2.68. The lowest BCUT2D eigenvalue weighted by molar-refractivity contribution is 0.0529. The first-order chi connectivity index (χ1) is 6.20. The number of hydrogen-bond donors (Lipinski definition) is 0. The van der Waals surface area contributed by atoms with Crippen LogP contribution >= 0.6 is 11.6 Å². The third kappa shape index (κ3) is 4.33. The average Bonchev–Trinajstić information content (AvgIpc) is 2.89. The molecule has 0 amide bonds. The van der Waals surface area contributed by atoms with Gasteiger partial charge < -0.3 is 4.74 Å². The van der Waals surface area contributed by atoms with Gasteiger partial charge in [-0.25, -0.2) is 0 Å². The minimum atomic E-state index is 0.200. The fourth-order valence-electron chi connectivity index (χ4n) is 1.54. The van der Waals surface area contributed by atoms with E-state index in [1.165, 1.54) is 25.7 Å². The molecule has 0 aromatic heterocycles. The number of hydrogen-bond acceptors (Lipinski definition) is 1. The van der Waals surface area contributed by atoms with Gasteiger partial charge in [-0.15, -0.1) is 11.6 Å². The summed E-state index contributed by atoms with van der Waals surface area (Å²) in [7, 11) is 0. The summed E-state index contributed by atoms with van der Waals surface area (Å²) in [6.45, 7) is 6.21. The zero-order valence-corrected chi connectivity index (χ0v) is 9.57. The molecule has 0 spiro atoms. The molecule has 0 bridgehead atoms. The molecule has 1 unspecified atom stereocenters. The Labute approximate surface area is 86.8 Å². The molecule has 1 saturated carbocycles. The molecule has 1 atom stereocenters. The summed E-state index contributed by atoms with van der Waals surface area (Å²) in [5.74, 6) is 1.58. The standard InChI is InChI=1S/C11H21ClO/c1-3-6-11(2,8-12)9-13-7-10-4-5-10/h10H,3-9H2,1-2H3. The highest BCUT2D eigenvalue weighted by molar-refractivity contribution is 6.18. The fourth-order valence-corrected chi connectivity index (χ4v) is 1.75. The predicted molar refractivity (Wildman–Crippen MR) is 57.3 cm³/mol. The van der Waals surface area contributed by atoms with Crippen molar-refractivity contribution >= 4 is 11.6 Å². The maximum Gasteiger partial charge on any atom is 0.0531 e. The number of rotatable bonds is 7. The van der Waals surface area contributed by atoms with Crippen LogP contribution in [0.3, 0.4) is 0 Å². The van der Waals surface area contributed by atoms with Crippen LogP contribution in [0.1, 0.15) is 39.5 Å². The maximum atomic E-state index is 5.94. The first-order valence-corrected chi connectivity index (χ1v) is 5.87. The van der Waals surface area contributed by atoms with Gasteiger partial charge in [0.1, 0.15) is 0 Å². The zero-order valence-electron chi connectivity index (χ0n) is 8.81. The Hall–Kier alpha value is 0.250. The molecule has 0 N–H and O–H groups in total. The molecule has 2 heteroatoms. The summed E-state index contributed by atoms with van der Waals surface area (Å²) in [5.41, 5.74) is 0.200. The Morgan fingerprint density at radius 3 is 2.62 bits per heavy atom. The average molecular weight is 205 g/mol. The molecule has 78 valence electrons. The largest absolute Gasteiger partial charge is 0.381 e. The predicted octanol–water partition coefficient (Wildman–Crippen LogP) is 3.46. The molecular formula is C11H21ClO. The first-order valence-electron chi connectivity index (χ1n) is 5.34. The summed E-state index contributed by atoms with van der Waals surface area (Å²) in [4.78, 5) is 0. The van der Waals surface area contributed by atoms with E-state index in [-0.39, 0.29) is 5.41 Å². The van der Waals surface area contributed by atoms with E-state index in [2.05, 4.69) is 13.8 Å². The lowest BCUT2D eigenvalue weighted by Crippen LogP contribution is -2.25. The van der Waals surface area contributed by atoms with Crippen molar-refractivity contribution < 1.29 is 4.74 Å². The second-order valence-corrected chi connectivity index (χ2v) is 4.92. The normalized spacial score (nSPS) is 21.5. The van der Waals surface area contributed by atoms with E-state index in [0.29, 0.717) is 5.88 Å². The van der Waals surface area contributed by atoms with Gasteiger partial charge in [-0.3, -0.25) is 0 Å². The Bertz CT molecular complexity index is 145. The van der Waals surface area contributed by atoms with Gasteiger partial charge in [-0.2, -0.15) is 0 Å². The van der Waals surface area contributed by atoms with Crippen molar-refractivity contribution in [1.82, 2.24) is 0 Å². The number of alkyl halides is 1. The topological polar surface area (TPSA) is 9.23 Å². The lowest BCUT2D eigenvalue weighted by Gasteiger charge is -2.26. The summed E-state index contributed by atoms with van der Waals surface area (Å²) >= 11 is 5.94.